The Hall–Kier alpha value is -2.90. The van der Waals surface area contributed by atoms with Gasteiger partial charge in [-0.2, -0.15) is 0 Å². The molecule has 182 valence electrons. The lowest BCUT2D eigenvalue weighted by Crippen LogP contribution is -2.61. The number of ether oxygens (including phenoxy) is 1. The topological polar surface area (TPSA) is 114 Å². The van der Waals surface area contributed by atoms with Gasteiger partial charge in [-0.25, -0.2) is 0 Å². The monoisotopic (exact) mass is 459 g/mol. The summed E-state index contributed by atoms with van der Waals surface area (Å²) in [7, 11) is 0. The SMILES string of the molecule is CC[C@H](C)[C@@H]1C(=O)O[C@H]1C(=O)N[C@H](C(=O)N[C@H](C(=O)NCc1ccccc1)C(C)C)C(C)C. The molecule has 0 radical (unpaired) electrons. The van der Waals surface area contributed by atoms with Crippen molar-refractivity contribution in [2.45, 2.75) is 72.7 Å². The predicted octanol–water partition coefficient (Wildman–Crippen LogP) is 2.17. The molecule has 0 aliphatic carbocycles. The fourth-order valence-electron chi connectivity index (χ4n) is 3.77. The highest BCUT2D eigenvalue weighted by Crippen LogP contribution is 2.31. The number of carbonyl (C=O) groups excluding carboxylic acids is 4. The van der Waals surface area contributed by atoms with E-state index in [2.05, 4.69) is 16.0 Å². The minimum absolute atomic E-state index is 0.00644. The Morgan fingerprint density at radius 1 is 0.909 bits per heavy atom. The number of carbonyl (C=O) groups is 4. The fourth-order valence-corrected chi connectivity index (χ4v) is 3.77. The third kappa shape index (κ3) is 6.79. The van der Waals surface area contributed by atoms with E-state index in [-0.39, 0.29) is 29.6 Å². The number of nitrogens with one attached hydrogen (secondary N) is 3. The molecule has 1 fully saturated rings. The molecule has 1 heterocycles. The molecule has 33 heavy (non-hydrogen) atoms. The number of rotatable bonds is 11. The van der Waals surface area contributed by atoms with E-state index in [4.69, 9.17) is 4.74 Å². The van der Waals surface area contributed by atoms with Gasteiger partial charge in [0.2, 0.25) is 11.8 Å². The average Bonchev–Trinajstić information content (AvgIpc) is 2.77. The lowest BCUT2D eigenvalue weighted by atomic mass is 9.82. The second kappa shape index (κ2) is 11.8. The van der Waals surface area contributed by atoms with Crippen molar-refractivity contribution in [3.05, 3.63) is 35.9 Å². The van der Waals surface area contributed by atoms with E-state index < -0.39 is 35.9 Å². The second-order valence-electron chi connectivity index (χ2n) is 9.43. The molecule has 1 aliphatic heterocycles. The molecule has 0 bridgehead atoms. The van der Waals surface area contributed by atoms with Crippen LogP contribution in [0.1, 0.15) is 53.5 Å². The Labute approximate surface area is 196 Å². The molecule has 0 aromatic heterocycles. The van der Waals surface area contributed by atoms with Gasteiger partial charge in [-0.1, -0.05) is 78.3 Å². The van der Waals surface area contributed by atoms with Crippen LogP contribution in [0.2, 0.25) is 0 Å². The van der Waals surface area contributed by atoms with Crippen molar-refractivity contribution < 1.29 is 23.9 Å². The first-order valence-corrected chi connectivity index (χ1v) is 11.7. The molecular weight excluding hydrogens is 422 g/mol. The van der Waals surface area contributed by atoms with Crippen LogP contribution in [0, 0.1) is 23.7 Å². The Kier molecular flexibility index (Phi) is 9.44. The maximum absolute atomic E-state index is 13.1. The fraction of sp³-hybridized carbons (Fsp3) is 0.600. The Bertz CT molecular complexity index is 840. The standard InChI is InChI=1S/C25H37N3O5/c1-7-16(6)18-21(33-25(18)32)24(31)28-20(15(4)5)23(30)27-19(14(2)3)22(29)26-13-17-11-9-8-10-12-17/h8-12,14-16,18-21H,7,13H2,1-6H3,(H,26,29)(H,27,30)(H,28,31)/t16-,18-,19-,20-,21+/m0/s1. The van der Waals surface area contributed by atoms with Crippen LogP contribution in [0.4, 0.5) is 0 Å². The zero-order chi connectivity index (χ0) is 24.7. The van der Waals surface area contributed by atoms with Crippen LogP contribution in [0.3, 0.4) is 0 Å². The molecule has 5 atom stereocenters. The first-order valence-electron chi connectivity index (χ1n) is 11.7. The van der Waals surface area contributed by atoms with E-state index in [1.165, 1.54) is 0 Å². The summed E-state index contributed by atoms with van der Waals surface area (Å²) in [5.41, 5.74) is 0.956. The first kappa shape index (κ1) is 26.4. The van der Waals surface area contributed by atoms with Crippen molar-refractivity contribution in [3.8, 4) is 0 Å². The number of benzene rings is 1. The van der Waals surface area contributed by atoms with Gasteiger partial charge in [0.25, 0.3) is 5.91 Å². The van der Waals surface area contributed by atoms with Crippen molar-refractivity contribution in [1.82, 2.24) is 16.0 Å². The summed E-state index contributed by atoms with van der Waals surface area (Å²) in [4.78, 5) is 50.5. The Morgan fingerprint density at radius 3 is 2.00 bits per heavy atom. The van der Waals surface area contributed by atoms with Crippen LogP contribution in [0.25, 0.3) is 0 Å². The van der Waals surface area contributed by atoms with Gasteiger partial charge in [-0.3, -0.25) is 19.2 Å². The molecule has 1 saturated heterocycles. The van der Waals surface area contributed by atoms with E-state index in [0.717, 1.165) is 12.0 Å². The third-order valence-electron chi connectivity index (χ3n) is 6.16. The second-order valence-corrected chi connectivity index (χ2v) is 9.43. The zero-order valence-corrected chi connectivity index (χ0v) is 20.4. The van der Waals surface area contributed by atoms with Gasteiger partial charge in [-0.05, 0) is 23.3 Å². The Balaban J connectivity index is 2.02. The van der Waals surface area contributed by atoms with Crippen molar-refractivity contribution in [1.29, 1.82) is 0 Å². The molecular formula is C25H37N3O5. The molecule has 0 spiro atoms. The highest BCUT2D eigenvalue weighted by atomic mass is 16.6. The lowest BCUT2D eigenvalue weighted by molar-refractivity contribution is -0.193. The van der Waals surface area contributed by atoms with E-state index in [9.17, 15) is 19.2 Å². The molecule has 1 aromatic carbocycles. The zero-order valence-electron chi connectivity index (χ0n) is 20.4. The van der Waals surface area contributed by atoms with Gasteiger partial charge >= 0.3 is 5.97 Å². The summed E-state index contributed by atoms with van der Waals surface area (Å²) in [6.45, 7) is 11.5. The van der Waals surface area contributed by atoms with Crippen molar-refractivity contribution in [2.75, 3.05) is 0 Å². The van der Waals surface area contributed by atoms with E-state index in [1.807, 2.05) is 71.9 Å². The maximum atomic E-state index is 13.1. The normalized spacial score (nSPS) is 20.3. The molecule has 0 saturated carbocycles. The average molecular weight is 460 g/mol. The van der Waals surface area contributed by atoms with Crippen LogP contribution >= 0.6 is 0 Å². The highest BCUT2D eigenvalue weighted by Gasteiger charge is 2.50. The van der Waals surface area contributed by atoms with Gasteiger partial charge in [0.15, 0.2) is 6.10 Å². The van der Waals surface area contributed by atoms with Gasteiger partial charge < -0.3 is 20.7 Å². The van der Waals surface area contributed by atoms with Gasteiger partial charge in [-0.15, -0.1) is 0 Å². The smallest absolute Gasteiger partial charge is 0.314 e. The van der Waals surface area contributed by atoms with Crippen molar-refractivity contribution in [3.63, 3.8) is 0 Å². The van der Waals surface area contributed by atoms with E-state index in [0.29, 0.717) is 6.54 Å². The van der Waals surface area contributed by atoms with Crippen molar-refractivity contribution in [2.24, 2.45) is 23.7 Å². The summed E-state index contributed by atoms with van der Waals surface area (Å²) in [5, 5.41) is 8.39. The van der Waals surface area contributed by atoms with Crippen LogP contribution in [0.15, 0.2) is 30.3 Å². The minimum Gasteiger partial charge on any atom is -0.451 e. The molecule has 0 unspecified atom stereocenters. The quantitative estimate of drug-likeness (QED) is 0.439. The van der Waals surface area contributed by atoms with Crippen LogP contribution in [-0.2, 0) is 30.5 Å². The number of esters is 1. The van der Waals surface area contributed by atoms with Crippen LogP contribution in [0.5, 0.6) is 0 Å². The van der Waals surface area contributed by atoms with Crippen LogP contribution in [-0.4, -0.2) is 41.9 Å². The maximum Gasteiger partial charge on any atom is 0.314 e. The van der Waals surface area contributed by atoms with Gasteiger partial charge in [0, 0.05) is 6.54 Å². The summed E-state index contributed by atoms with van der Waals surface area (Å²) >= 11 is 0. The van der Waals surface area contributed by atoms with Crippen molar-refractivity contribution >= 4 is 23.7 Å². The summed E-state index contributed by atoms with van der Waals surface area (Å²) in [5.74, 6) is -2.49. The van der Waals surface area contributed by atoms with E-state index >= 15 is 0 Å². The molecule has 1 aliphatic rings. The summed E-state index contributed by atoms with van der Waals surface area (Å²) < 4.78 is 5.08. The minimum atomic E-state index is -0.892. The largest absolute Gasteiger partial charge is 0.451 e. The Morgan fingerprint density at radius 2 is 1.48 bits per heavy atom. The number of cyclic esters (lactones) is 1. The number of hydrogen-bond donors (Lipinski definition) is 3. The summed E-state index contributed by atoms with van der Waals surface area (Å²) in [6, 6.07) is 7.89. The molecule has 8 nitrogen and oxygen atoms in total. The lowest BCUT2D eigenvalue weighted by Gasteiger charge is -2.38. The highest BCUT2D eigenvalue weighted by molar-refractivity contribution is 5.97. The van der Waals surface area contributed by atoms with Gasteiger partial charge in [0.1, 0.15) is 18.0 Å². The predicted molar refractivity (Wildman–Crippen MR) is 125 cm³/mol. The molecule has 2 rings (SSSR count). The molecule has 1 aromatic rings. The number of hydrogen-bond acceptors (Lipinski definition) is 5. The summed E-state index contributed by atoms with van der Waals surface area (Å²) in [6.07, 6.45) is -0.150. The number of amides is 3. The molecule has 8 heteroatoms. The molecule has 3 amide bonds. The van der Waals surface area contributed by atoms with Crippen LogP contribution < -0.4 is 16.0 Å². The third-order valence-corrected chi connectivity index (χ3v) is 6.16. The first-order chi connectivity index (χ1) is 15.6. The molecule has 3 N–H and O–H groups in total. The van der Waals surface area contributed by atoms with E-state index in [1.54, 1.807) is 0 Å². The van der Waals surface area contributed by atoms with Gasteiger partial charge in [0.05, 0.1) is 0 Å².